The lowest BCUT2D eigenvalue weighted by atomic mass is 10.1. The zero-order valence-corrected chi connectivity index (χ0v) is 14.3. The van der Waals surface area contributed by atoms with Crippen molar-refractivity contribution in [2.24, 2.45) is 5.92 Å². The van der Waals surface area contributed by atoms with E-state index in [1.807, 2.05) is 0 Å². The van der Waals surface area contributed by atoms with Gasteiger partial charge in [-0.25, -0.2) is 0 Å². The van der Waals surface area contributed by atoms with Crippen LogP contribution in [0.15, 0.2) is 18.2 Å². The Morgan fingerprint density at radius 2 is 2.00 bits per heavy atom. The lowest BCUT2D eigenvalue weighted by molar-refractivity contribution is 0.360. The van der Waals surface area contributed by atoms with Crippen molar-refractivity contribution in [3.63, 3.8) is 0 Å². The van der Waals surface area contributed by atoms with Crippen LogP contribution in [-0.2, 0) is 6.54 Å². The highest BCUT2D eigenvalue weighted by molar-refractivity contribution is 6.31. The van der Waals surface area contributed by atoms with Gasteiger partial charge < -0.3 is 15.1 Å². The van der Waals surface area contributed by atoms with Gasteiger partial charge in [-0.2, -0.15) is 0 Å². The van der Waals surface area contributed by atoms with Crippen LogP contribution >= 0.6 is 11.6 Å². The first-order valence-electron chi connectivity index (χ1n) is 7.99. The Hall–Kier alpha value is -0.770. The third-order valence-corrected chi connectivity index (χ3v) is 4.34. The number of nitrogens with zero attached hydrogens (tertiary/aromatic N) is 2. The fraction of sp³-hybridized carbons (Fsp3) is 0.647. The summed E-state index contributed by atoms with van der Waals surface area (Å²) < 4.78 is 0. The van der Waals surface area contributed by atoms with Crippen molar-refractivity contribution >= 4 is 17.3 Å². The molecule has 0 bridgehead atoms. The van der Waals surface area contributed by atoms with Gasteiger partial charge in [-0.15, -0.1) is 0 Å². The molecule has 0 atom stereocenters. The van der Waals surface area contributed by atoms with Crippen LogP contribution in [0.4, 0.5) is 5.69 Å². The Morgan fingerprint density at radius 1 is 1.19 bits per heavy atom. The topological polar surface area (TPSA) is 18.5 Å². The highest BCUT2D eigenvalue weighted by Crippen LogP contribution is 2.24. The number of benzene rings is 1. The second-order valence-corrected chi connectivity index (χ2v) is 6.85. The van der Waals surface area contributed by atoms with E-state index in [1.165, 1.54) is 24.2 Å². The van der Waals surface area contributed by atoms with E-state index in [1.54, 1.807) is 0 Å². The van der Waals surface area contributed by atoms with Gasteiger partial charge in [0.2, 0.25) is 0 Å². The van der Waals surface area contributed by atoms with E-state index >= 15 is 0 Å². The second-order valence-electron chi connectivity index (χ2n) is 6.44. The number of nitrogens with one attached hydrogen (secondary N) is 1. The first-order valence-corrected chi connectivity index (χ1v) is 8.36. The van der Waals surface area contributed by atoms with E-state index in [-0.39, 0.29) is 0 Å². The first kappa shape index (κ1) is 16.6. The molecule has 0 saturated carbocycles. The molecule has 4 heteroatoms. The van der Waals surface area contributed by atoms with Gasteiger partial charge in [0, 0.05) is 36.9 Å². The average molecular weight is 310 g/mol. The smallest absolute Gasteiger partial charge is 0.0471 e. The van der Waals surface area contributed by atoms with Crippen molar-refractivity contribution in [1.82, 2.24) is 10.2 Å². The summed E-state index contributed by atoms with van der Waals surface area (Å²) in [5.41, 5.74) is 2.44. The fourth-order valence-corrected chi connectivity index (χ4v) is 2.92. The summed E-state index contributed by atoms with van der Waals surface area (Å²) in [6.07, 6.45) is 1.21. The summed E-state index contributed by atoms with van der Waals surface area (Å²) in [6.45, 7) is 10.8. The molecule has 0 spiro atoms. The molecule has 1 saturated heterocycles. The van der Waals surface area contributed by atoms with E-state index in [0.717, 1.165) is 37.7 Å². The zero-order valence-electron chi connectivity index (χ0n) is 13.5. The zero-order chi connectivity index (χ0) is 15.2. The molecule has 1 fully saturated rings. The van der Waals surface area contributed by atoms with Crippen LogP contribution in [0.5, 0.6) is 0 Å². The maximum absolute atomic E-state index is 6.46. The quantitative estimate of drug-likeness (QED) is 0.901. The minimum atomic E-state index is 0.664. The van der Waals surface area contributed by atoms with Crippen LogP contribution in [0.25, 0.3) is 0 Å². The van der Waals surface area contributed by atoms with Gasteiger partial charge >= 0.3 is 0 Å². The maximum atomic E-state index is 6.46. The van der Waals surface area contributed by atoms with E-state index in [2.05, 4.69) is 54.2 Å². The van der Waals surface area contributed by atoms with Gasteiger partial charge in [-0.3, -0.25) is 0 Å². The number of hydrogen-bond donors (Lipinski definition) is 1. The molecule has 0 radical (unpaired) electrons. The highest BCUT2D eigenvalue weighted by Gasteiger charge is 2.13. The Bertz CT molecular complexity index is 448. The molecule has 0 amide bonds. The minimum Gasteiger partial charge on any atom is -0.370 e. The Kier molecular flexibility index (Phi) is 6.34. The summed E-state index contributed by atoms with van der Waals surface area (Å²) in [4.78, 5) is 4.84. The lowest BCUT2D eigenvalue weighted by Gasteiger charge is -2.23. The third kappa shape index (κ3) is 5.17. The molecule has 0 aromatic heterocycles. The van der Waals surface area contributed by atoms with Crippen molar-refractivity contribution in [1.29, 1.82) is 0 Å². The van der Waals surface area contributed by atoms with Crippen LogP contribution in [0, 0.1) is 5.92 Å². The predicted molar refractivity (Wildman–Crippen MR) is 92.3 cm³/mol. The number of likely N-dealkylation sites (N-methyl/N-ethyl adjacent to an activating group) is 1. The van der Waals surface area contributed by atoms with Crippen LogP contribution < -0.4 is 10.2 Å². The monoisotopic (exact) mass is 309 g/mol. The number of hydrogen-bond acceptors (Lipinski definition) is 3. The molecule has 1 N–H and O–H groups in total. The molecule has 21 heavy (non-hydrogen) atoms. The molecule has 1 aliphatic heterocycles. The van der Waals surface area contributed by atoms with Crippen molar-refractivity contribution in [3.8, 4) is 0 Å². The number of rotatable bonds is 5. The van der Waals surface area contributed by atoms with Crippen molar-refractivity contribution in [2.75, 3.05) is 44.7 Å². The molecule has 0 aliphatic carbocycles. The molecule has 1 aromatic carbocycles. The Morgan fingerprint density at radius 3 is 2.71 bits per heavy atom. The van der Waals surface area contributed by atoms with Gasteiger partial charge in [0.1, 0.15) is 0 Å². The normalized spacial score (nSPS) is 17.3. The summed E-state index contributed by atoms with van der Waals surface area (Å²) in [5.74, 6) is 0.664. The highest BCUT2D eigenvalue weighted by atomic mass is 35.5. The van der Waals surface area contributed by atoms with Crippen molar-refractivity contribution in [2.45, 2.75) is 26.8 Å². The maximum Gasteiger partial charge on any atom is 0.0471 e. The number of halogens is 1. The first-order chi connectivity index (χ1) is 10.1. The van der Waals surface area contributed by atoms with Gasteiger partial charge in [0.15, 0.2) is 0 Å². The van der Waals surface area contributed by atoms with Crippen LogP contribution in [0.3, 0.4) is 0 Å². The van der Waals surface area contributed by atoms with Crippen molar-refractivity contribution in [3.05, 3.63) is 28.8 Å². The second kappa shape index (κ2) is 8.02. The van der Waals surface area contributed by atoms with Gasteiger partial charge in [-0.05, 0) is 50.2 Å². The molecule has 118 valence electrons. The molecular formula is C17H28ClN3. The van der Waals surface area contributed by atoms with Crippen molar-refractivity contribution < 1.29 is 0 Å². The summed E-state index contributed by atoms with van der Waals surface area (Å²) in [5, 5.41) is 4.33. The van der Waals surface area contributed by atoms with E-state index in [4.69, 9.17) is 11.6 Å². The van der Waals surface area contributed by atoms with Gasteiger partial charge in [-0.1, -0.05) is 31.5 Å². The average Bonchev–Trinajstić information content (AvgIpc) is 2.65. The molecule has 1 aliphatic rings. The molecule has 1 aromatic rings. The van der Waals surface area contributed by atoms with Gasteiger partial charge in [0.25, 0.3) is 0 Å². The van der Waals surface area contributed by atoms with E-state index in [9.17, 15) is 0 Å². The minimum absolute atomic E-state index is 0.664. The molecule has 2 rings (SSSR count). The van der Waals surface area contributed by atoms with Crippen LogP contribution in [0.1, 0.15) is 25.8 Å². The third-order valence-electron chi connectivity index (χ3n) is 3.99. The predicted octanol–water partition coefficient (Wildman–Crippen LogP) is 3.23. The van der Waals surface area contributed by atoms with Gasteiger partial charge in [0.05, 0.1) is 0 Å². The fourth-order valence-electron chi connectivity index (χ4n) is 2.68. The van der Waals surface area contributed by atoms with Crippen LogP contribution in [-0.4, -0.2) is 44.7 Å². The SMILES string of the molecule is CC(C)CNCc1ccc(N2CCCN(C)CC2)cc1Cl. The summed E-state index contributed by atoms with van der Waals surface area (Å²) >= 11 is 6.46. The summed E-state index contributed by atoms with van der Waals surface area (Å²) in [6, 6.07) is 6.50. The number of anilines is 1. The Labute approximate surface area is 134 Å². The van der Waals surface area contributed by atoms with E-state index in [0.29, 0.717) is 5.92 Å². The van der Waals surface area contributed by atoms with Crippen LogP contribution in [0.2, 0.25) is 5.02 Å². The summed E-state index contributed by atoms with van der Waals surface area (Å²) in [7, 11) is 2.19. The molecule has 0 unspecified atom stereocenters. The largest absolute Gasteiger partial charge is 0.370 e. The Balaban J connectivity index is 1.97. The molecule has 1 heterocycles. The standard InChI is InChI=1S/C17H28ClN3/c1-14(2)12-19-13-15-5-6-16(11-17(15)18)21-8-4-7-20(3)9-10-21/h5-6,11,14,19H,4,7-10,12-13H2,1-3H3. The lowest BCUT2D eigenvalue weighted by Crippen LogP contribution is -2.28. The molecular weight excluding hydrogens is 282 g/mol. The molecule has 3 nitrogen and oxygen atoms in total. The van der Waals surface area contributed by atoms with E-state index < -0.39 is 0 Å².